The van der Waals surface area contributed by atoms with Crippen LogP contribution in [-0.2, 0) is 4.74 Å². The number of nitrogens with zero attached hydrogens (tertiary/aromatic N) is 1. The summed E-state index contributed by atoms with van der Waals surface area (Å²) in [4.78, 5) is 2.27. The molecule has 0 aliphatic carbocycles. The first-order valence-corrected chi connectivity index (χ1v) is 5.73. The van der Waals surface area contributed by atoms with Crippen molar-refractivity contribution in [1.82, 2.24) is 0 Å². The number of hydrogen-bond donors (Lipinski definition) is 1. The highest BCUT2D eigenvalue weighted by molar-refractivity contribution is 5.48. The lowest BCUT2D eigenvalue weighted by molar-refractivity contribution is 0.181. The summed E-state index contributed by atoms with van der Waals surface area (Å²) in [5, 5.41) is 0. The van der Waals surface area contributed by atoms with Crippen molar-refractivity contribution in [1.29, 1.82) is 0 Å². The summed E-state index contributed by atoms with van der Waals surface area (Å²) >= 11 is 0. The van der Waals surface area contributed by atoms with E-state index in [2.05, 4.69) is 43.0 Å². The van der Waals surface area contributed by atoms with Crippen LogP contribution < -0.4 is 10.6 Å². The molecule has 3 nitrogen and oxygen atoms in total. The zero-order valence-electron chi connectivity index (χ0n) is 10.4. The Bertz CT molecular complexity index is 315. The third-order valence-corrected chi connectivity index (χ3v) is 2.58. The van der Waals surface area contributed by atoms with E-state index >= 15 is 0 Å². The Labute approximate surface area is 98.2 Å². The molecule has 2 N–H and O–H groups in total. The van der Waals surface area contributed by atoms with Crippen molar-refractivity contribution < 1.29 is 4.74 Å². The van der Waals surface area contributed by atoms with Gasteiger partial charge in [-0.05, 0) is 31.5 Å². The number of rotatable bonds is 6. The van der Waals surface area contributed by atoms with Gasteiger partial charge in [0.1, 0.15) is 0 Å². The van der Waals surface area contributed by atoms with Crippen LogP contribution in [0.4, 0.5) is 5.69 Å². The molecular formula is C13H22N2O. The van der Waals surface area contributed by atoms with Gasteiger partial charge in [0.05, 0.1) is 6.61 Å². The molecule has 1 atom stereocenters. The normalized spacial score (nSPS) is 12.5. The van der Waals surface area contributed by atoms with E-state index < -0.39 is 0 Å². The van der Waals surface area contributed by atoms with E-state index in [0.29, 0.717) is 6.61 Å². The number of hydrogen-bond acceptors (Lipinski definition) is 3. The molecule has 0 bridgehead atoms. The zero-order valence-corrected chi connectivity index (χ0v) is 10.4. The van der Waals surface area contributed by atoms with Gasteiger partial charge < -0.3 is 15.4 Å². The van der Waals surface area contributed by atoms with Crippen molar-refractivity contribution in [3.05, 3.63) is 29.8 Å². The Balaban J connectivity index is 2.67. The molecule has 0 fully saturated rings. The zero-order chi connectivity index (χ0) is 12.0. The van der Waals surface area contributed by atoms with E-state index in [4.69, 9.17) is 10.5 Å². The molecule has 0 amide bonds. The van der Waals surface area contributed by atoms with Crippen LogP contribution in [0.15, 0.2) is 24.3 Å². The summed E-state index contributed by atoms with van der Waals surface area (Å²) in [7, 11) is 1.68. The minimum Gasteiger partial charge on any atom is -0.383 e. The molecule has 0 heterocycles. The Hall–Kier alpha value is -1.06. The number of likely N-dealkylation sites (N-methyl/N-ethyl adjacent to an activating group) is 1. The monoisotopic (exact) mass is 222 g/mol. The Kier molecular flexibility index (Phi) is 5.29. The van der Waals surface area contributed by atoms with Gasteiger partial charge in [-0.3, -0.25) is 0 Å². The van der Waals surface area contributed by atoms with Crippen molar-refractivity contribution in [2.75, 3.05) is 31.7 Å². The maximum absolute atomic E-state index is 5.97. The highest BCUT2D eigenvalue weighted by Gasteiger charge is 2.09. The first kappa shape index (κ1) is 13.0. The Morgan fingerprint density at radius 1 is 1.44 bits per heavy atom. The second-order valence-electron chi connectivity index (χ2n) is 4.09. The molecule has 0 aliphatic rings. The van der Waals surface area contributed by atoms with Crippen LogP contribution in [0.1, 0.15) is 12.5 Å². The molecule has 0 saturated heterocycles. The van der Waals surface area contributed by atoms with Crippen LogP contribution in [0.3, 0.4) is 0 Å². The lowest BCUT2D eigenvalue weighted by atomic mass is 10.2. The molecule has 1 aromatic carbocycles. The maximum Gasteiger partial charge on any atom is 0.0631 e. The number of aryl methyl sites for hydroxylation is 1. The Morgan fingerprint density at radius 2 is 2.19 bits per heavy atom. The fourth-order valence-electron chi connectivity index (χ4n) is 1.79. The summed E-state index contributed by atoms with van der Waals surface area (Å²) in [6.07, 6.45) is 0. The number of benzene rings is 1. The molecule has 0 saturated carbocycles. The number of ether oxygens (including phenoxy) is 1. The largest absolute Gasteiger partial charge is 0.383 e. The molecule has 1 aromatic rings. The van der Waals surface area contributed by atoms with Gasteiger partial charge in [0.2, 0.25) is 0 Å². The summed E-state index contributed by atoms with van der Waals surface area (Å²) < 4.78 is 5.06. The summed E-state index contributed by atoms with van der Waals surface area (Å²) in [5.74, 6) is 0. The van der Waals surface area contributed by atoms with Crippen molar-refractivity contribution in [3.8, 4) is 0 Å². The first-order valence-electron chi connectivity index (χ1n) is 5.73. The molecule has 0 radical (unpaired) electrons. The van der Waals surface area contributed by atoms with Crippen molar-refractivity contribution in [2.45, 2.75) is 19.9 Å². The van der Waals surface area contributed by atoms with Gasteiger partial charge in [-0.2, -0.15) is 0 Å². The van der Waals surface area contributed by atoms with E-state index in [-0.39, 0.29) is 6.04 Å². The highest BCUT2D eigenvalue weighted by Crippen LogP contribution is 2.15. The molecule has 16 heavy (non-hydrogen) atoms. The smallest absolute Gasteiger partial charge is 0.0631 e. The standard InChI is InChI=1S/C13H22N2O/c1-4-15(9-12(14)10-16-3)13-7-5-6-11(2)8-13/h5-8,12H,4,9-10,14H2,1-3H3. The van der Waals surface area contributed by atoms with Crippen LogP contribution in [0, 0.1) is 6.92 Å². The van der Waals surface area contributed by atoms with Crippen molar-refractivity contribution in [3.63, 3.8) is 0 Å². The van der Waals surface area contributed by atoms with Crippen LogP contribution >= 0.6 is 0 Å². The topological polar surface area (TPSA) is 38.5 Å². The Morgan fingerprint density at radius 3 is 2.75 bits per heavy atom. The van der Waals surface area contributed by atoms with Crippen LogP contribution in [0.25, 0.3) is 0 Å². The van der Waals surface area contributed by atoms with Crippen molar-refractivity contribution in [2.24, 2.45) is 5.73 Å². The number of nitrogens with two attached hydrogens (primary N) is 1. The lowest BCUT2D eigenvalue weighted by Gasteiger charge is -2.26. The fourth-order valence-corrected chi connectivity index (χ4v) is 1.79. The van der Waals surface area contributed by atoms with Gasteiger partial charge >= 0.3 is 0 Å². The van der Waals surface area contributed by atoms with E-state index in [0.717, 1.165) is 13.1 Å². The molecule has 0 aromatic heterocycles. The maximum atomic E-state index is 5.97. The predicted octanol–water partition coefficient (Wildman–Crippen LogP) is 1.80. The molecule has 90 valence electrons. The van der Waals surface area contributed by atoms with Gasteiger partial charge in [0.25, 0.3) is 0 Å². The average Bonchev–Trinajstić information content (AvgIpc) is 2.26. The number of methoxy groups -OCH3 is 1. The second kappa shape index (κ2) is 6.51. The van der Waals surface area contributed by atoms with E-state index in [1.165, 1.54) is 11.3 Å². The van der Waals surface area contributed by atoms with Gasteiger partial charge in [0, 0.05) is 31.9 Å². The summed E-state index contributed by atoms with van der Waals surface area (Å²) in [6, 6.07) is 8.55. The minimum atomic E-state index is 0.0606. The summed E-state index contributed by atoms with van der Waals surface area (Å²) in [6.45, 7) is 6.63. The van der Waals surface area contributed by atoms with E-state index in [9.17, 15) is 0 Å². The van der Waals surface area contributed by atoms with Crippen LogP contribution in [0.2, 0.25) is 0 Å². The molecule has 0 aliphatic heterocycles. The van der Waals surface area contributed by atoms with Crippen LogP contribution in [0.5, 0.6) is 0 Å². The van der Waals surface area contributed by atoms with Crippen molar-refractivity contribution >= 4 is 5.69 Å². The van der Waals surface area contributed by atoms with Gasteiger partial charge in [-0.1, -0.05) is 12.1 Å². The molecule has 0 spiro atoms. The molecular weight excluding hydrogens is 200 g/mol. The number of anilines is 1. The molecule has 1 rings (SSSR count). The van der Waals surface area contributed by atoms with E-state index in [1.54, 1.807) is 7.11 Å². The SMILES string of the molecule is CCN(CC(N)COC)c1cccc(C)c1. The van der Waals surface area contributed by atoms with Crippen LogP contribution in [-0.4, -0.2) is 32.8 Å². The average molecular weight is 222 g/mol. The lowest BCUT2D eigenvalue weighted by Crippen LogP contribution is -2.40. The second-order valence-corrected chi connectivity index (χ2v) is 4.09. The highest BCUT2D eigenvalue weighted by atomic mass is 16.5. The fraction of sp³-hybridized carbons (Fsp3) is 0.538. The quantitative estimate of drug-likeness (QED) is 0.797. The van der Waals surface area contributed by atoms with Gasteiger partial charge in [-0.15, -0.1) is 0 Å². The molecule has 3 heteroatoms. The van der Waals surface area contributed by atoms with E-state index in [1.807, 2.05) is 0 Å². The van der Waals surface area contributed by atoms with Gasteiger partial charge in [-0.25, -0.2) is 0 Å². The third-order valence-electron chi connectivity index (χ3n) is 2.58. The minimum absolute atomic E-state index is 0.0606. The molecule has 1 unspecified atom stereocenters. The predicted molar refractivity (Wildman–Crippen MR) is 68.9 cm³/mol. The summed E-state index contributed by atoms with van der Waals surface area (Å²) in [5.41, 5.74) is 8.47. The first-order chi connectivity index (χ1) is 7.67. The third kappa shape index (κ3) is 3.83. The van der Waals surface area contributed by atoms with Gasteiger partial charge in [0.15, 0.2) is 0 Å².